The number of nitrogens with one attached hydrogen (secondary N) is 1. The molecule has 2 rings (SSSR count). The minimum atomic E-state index is 0.0554. The topological polar surface area (TPSA) is 28.7 Å². The van der Waals surface area contributed by atoms with Crippen molar-refractivity contribution in [1.29, 1.82) is 0 Å². The van der Waals surface area contributed by atoms with E-state index in [4.69, 9.17) is 0 Å². The minimum Gasteiger partial charge on any atom is -0.342 e. The second-order valence-electron chi connectivity index (χ2n) is 7.23. The largest absolute Gasteiger partial charge is 0.342 e. The van der Waals surface area contributed by atoms with Gasteiger partial charge in [-0.2, -0.15) is 0 Å². The number of hydrogen-bond acceptors (Lipinski definition) is 1. The van der Waals surface area contributed by atoms with E-state index in [1.54, 1.807) is 0 Å². The van der Waals surface area contributed by atoms with Crippen molar-refractivity contribution in [3.63, 3.8) is 0 Å². The van der Waals surface area contributed by atoms with Crippen LogP contribution in [0.2, 0.25) is 0 Å². The molecule has 1 N–H and O–H groups in total. The molecule has 1 aromatic carbocycles. The summed E-state index contributed by atoms with van der Waals surface area (Å²) in [6, 6.07) is 8.69. The molecule has 1 heterocycles. The predicted molar refractivity (Wildman–Crippen MR) is 81.4 cm³/mol. The summed E-state index contributed by atoms with van der Waals surface area (Å²) in [5, 5.41) is 0. The van der Waals surface area contributed by atoms with Crippen LogP contribution in [0.4, 0.5) is 0 Å². The molecule has 0 saturated heterocycles. The molecule has 2 heteroatoms. The first-order chi connectivity index (χ1) is 8.68. The summed E-state index contributed by atoms with van der Waals surface area (Å²) >= 11 is 0. The maximum Gasteiger partial charge on any atom is 0.111 e. The quantitative estimate of drug-likeness (QED) is 0.789. The van der Waals surface area contributed by atoms with E-state index >= 15 is 0 Å². The Kier molecular flexibility index (Phi) is 3.29. The summed E-state index contributed by atoms with van der Waals surface area (Å²) in [7, 11) is 0. The Morgan fingerprint density at radius 3 is 2.16 bits per heavy atom. The monoisotopic (exact) mass is 256 g/mol. The summed E-state index contributed by atoms with van der Waals surface area (Å²) < 4.78 is 0. The van der Waals surface area contributed by atoms with Crippen molar-refractivity contribution in [2.45, 2.75) is 52.4 Å². The van der Waals surface area contributed by atoms with Crippen LogP contribution in [-0.2, 0) is 10.8 Å². The van der Waals surface area contributed by atoms with Crippen LogP contribution in [0.3, 0.4) is 0 Å². The molecule has 0 spiro atoms. The van der Waals surface area contributed by atoms with Crippen LogP contribution in [0.1, 0.15) is 52.9 Å². The molecule has 0 fully saturated rings. The number of rotatable bonds is 1. The van der Waals surface area contributed by atoms with E-state index in [2.05, 4.69) is 75.8 Å². The van der Waals surface area contributed by atoms with Crippen molar-refractivity contribution in [3.8, 4) is 11.3 Å². The van der Waals surface area contributed by atoms with E-state index in [1.165, 1.54) is 11.1 Å². The Balaban J connectivity index is 2.40. The lowest BCUT2D eigenvalue weighted by Crippen LogP contribution is -2.13. The number of H-pyrrole nitrogens is 1. The van der Waals surface area contributed by atoms with Gasteiger partial charge in [-0.05, 0) is 22.6 Å². The van der Waals surface area contributed by atoms with Crippen LogP contribution >= 0.6 is 0 Å². The van der Waals surface area contributed by atoms with Crippen LogP contribution < -0.4 is 0 Å². The fourth-order valence-electron chi connectivity index (χ4n) is 2.00. The molecule has 0 bridgehead atoms. The van der Waals surface area contributed by atoms with E-state index in [9.17, 15) is 0 Å². The number of aromatic amines is 1. The highest BCUT2D eigenvalue weighted by molar-refractivity contribution is 5.60. The maximum absolute atomic E-state index is 4.50. The molecule has 0 aliphatic carbocycles. The molecule has 0 atom stereocenters. The van der Waals surface area contributed by atoms with E-state index in [0.29, 0.717) is 0 Å². The molecule has 0 saturated carbocycles. The van der Waals surface area contributed by atoms with Crippen molar-refractivity contribution in [2.24, 2.45) is 0 Å². The lowest BCUT2D eigenvalue weighted by atomic mass is 9.86. The highest BCUT2D eigenvalue weighted by atomic mass is 14.9. The molecule has 0 unspecified atom stereocenters. The Morgan fingerprint density at radius 2 is 1.63 bits per heavy atom. The smallest absolute Gasteiger partial charge is 0.111 e. The molecule has 0 amide bonds. The third-order valence-corrected chi connectivity index (χ3v) is 3.33. The van der Waals surface area contributed by atoms with Crippen LogP contribution in [0.25, 0.3) is 11.3 Å². The lowest BCUT2D eigenvalue weighted by Gasteiger charge is -2.19. The average molecular weight is 256 g/mol. The molecule has 2 nitrogen and oxygen atoms in total. The van der Waals surface area contributed by atoms with Gasteiger partial charge in [0.05, 0.1) is 11.9 Å². The zero-order chi connectivity index (χ0) is 14.3. The number of imidazole rings is 1. The van der Waals surface area contributed by atoms with Gasteiger partial charge in [0.25, 0.3) is 0 Å². The summed E-state index contributed by atoms with van der Waals surface area (Å²) in [6.07, 6.45) is 1.93. The third-order valence-electron chi connectivity index (χ3n) is 3.33. The first-order valence-corrected chi connectivity index (χ1v) is 6.84. The standard InChI is InChI=1S/C17H24N2/c1-16(2,3)13-9-7-8-12(10-13)14-11-18-15(19-14)17(4,5)6/h7-11H,1-6H3,(H,18,19). The van der Waals surface area contributed by atoms with Crippen molar-refractivity contribution < 1.29 is 0 Å². The van der Waals surface area contributed by atoms with Crippen LogP contribution in [0.5, 0.6) is 0 Å². The molecular weight excluding hydrogens is 232 g/mol. The SMILES string of the molecule is CC(C)(C)c1cccc(-c2cnc(C(C)(C)C)[nH]2)c1. The Morgan fingerprint density at radius 1 is 0.947 bits per heavy atom. The van der Waals surface area contributed by atoms with Crippen LogP contribution in [0, 0.1) is 0 Å². The Labute approximate surface area is 116 Å². The lowest BCUT2D eigenvalue weighted by molar-refractivity contribution is 0.553. The summed E-state index contributed by atoms with van der Waals surface area (Å²) in [5.74, 6) is 1.03. The highest BCUT2D eigenvalue weighted by Gasteiger charge is 2.18. The second kappa shape index (κ2) is 4.52. The van der Waals surface area contributed by atoms with Gasteiger partial charge in [-0.25, -0.2) is 4.98 Å². The van der Waals surface area contributed by atoms with Gasteiger partial charge >= 0.3 is 0 Å². The maximum atomic E-state index is 4.50. The van der Waals surface area contributed by atoms with E-state index in [1.807, 2.05) is 6.20 Å². The van der Waals surface area contributed by atoms with E-state index < -0.39 is 0 Å². The molecule has 102 valence electrons. The second-order valence-corrected chi connectivity index (χ2v) is 7.23. The molecule has 19 heavy (non-hydrogen) atoms. The van der Waals surface area contributed by atoms with E-state index in [0.717, 1.165) is 11.5 Å². The minimum absolute atomic E-state index is 0.0554. The number of hydrogen-bond donors (Lipinski definition) is 1. The van der Waals surface area contributed by atoms with Crippen molar-refractivity contribution in [3.05, 3.63) is 41.9 Å². The number of aromatic nitrogens is 2. The highest BCUT2D eigenvalue weighted by Crippen LogP contribution is 2.28. The van der Waals surface area contributed by atoms with Gasteiger partial charge in [0.2, 0.25) is 0 Å². The molecule has 0 aliphatic heterocycles. The fraction of sp³-hybridized carbons (Fsp3) is 0.471. The molecule has 2 aromatic rings. The molecular formula is C17H24N2. The summed E-state index contributed by atoms with van der Waals surface area (Å²) in [6.45, 7) is 13.2. The fourth-order valence-corrected chi connectivity index (χ4v) is 2.00. The zero-order valence-corrected chi connectivity index (χ0v) is 12.8. The Bertz CT molecular complexity index is 565. The number of benzene rings is 1. The van der Waals surface area contributed by atoms with Crippen molar-refractivity contribution in [1.82, 2.24) is 9.97 Å². The predicted octanol–water partition coefficient (Wildman–Crippen LogP) is 4.67. The first-order valence-electron chi connectivity index (χ1n) is 6.84. The van der Waals surface area contributed by atoms with Crippen LogP contribution in [-0.4, -0.2) is 9.97 Å². The van der Waals surface area contributed by atoms with Gasteiger partial charge in [0, 0.05) is 5.41 Å². The molecule has 1 aromatic heterocycles. The molecule has 0 aliphatic rings. The van der Waals surface area contributed by atoms with Crippen molar-refractivity contribution in [2.75, 3.05) is 0 Å². The summed E-state index contributed by atoms with van der Waals surface area (Å²) in [5.41, 5.74) is 3.87. The zero-order valence-electron chi connectivity index (χ0n) is 12.8. The normalized spacial score (nSPS) is 12.7. The van der Waals surface area contributed by atoms with E-state index in [-0.39, 0.29) is 10.8 Å². The van der Waals surface area contributed by atoms with Crippen molar-refractivity contribution >= 4 is 0 Å². The van der Waals surface area contributed by atoms with Gasteiger partial charge in [0.1, 0.15) is 5.82 Å². The molecule has 0 radical (unpaired) electrons. The Hall–Kier alpha value is -1.57. The average Bonchev–Trinajstić information content (AvgIpc) is 2.77. The third kappa shape index (κ3) is 3.06. The van der Waals surface area contributed by atoms with Gasteiger partial charge in [-0.15, -0.1) is 0 Å². The van der Waals surface area contributed by atoms with Gasteiger partial charge in [0.15, 0.2) is 0 Å². The number of nitrogens with zero attached hydrogens (tertiary/aromatic N) is 1. The first kappa shape index (κ1) is 13.9. The van der Waals surface area contributed by atoms with Crippen LogP contribution in [0.15, 0.2) is 30.5 Å². The van der Waals surface area contributed by atoms with Gasteiger partial charge < -0.3 is 4.98 Å². The van der Waals surface area contributed by atoms with Gasteiger partial charge in [-0.1, -0.05) is 59.7 Å². The summed E-state index contributed by atoms with van der Waals surface area (Å²) in [4.78, 5) is 7.94. The van der Waals surface area contributed by atoms with Gasteiger partial charge in [-0.3, -0.25) is 0 Å².